The molecule has 7 nitrogen and oxygen atoms in total. The molecule has 0 amide bonds. The van der Waals surface area contributed by atoms with Crippen LogP contribution in [0.25, 0.3) is 0 Å². The Morgan fingerprint density at radius 2 is 2.00 bits per heavy atom. The maximum absolute atomic E-state index is 5.95. The fraction of sp³-hybridized carbons (Fsp3) is 0.696. The lowest BCUT2D eigenvalue weighted by atomic mass is 10.2. The number of nitrogens with one attached hydrogen (secondary N) is 2. The first-order valence-corrected chi connectivity index (χ1v) is 11.3. The quantitative estimate of drug-likeness (QED) is 0.171. The fourth-order valence-corrected chi connectivity index (χ4v) is 3.06. The SMILES string of the molecule is CCNC(=NCc1cccc(OCCN2CCOCC2)c1)NCCCOCC(C)C.I. The van der Waals surface area contributed by atoms with Crippen molar-refractivity contribution in [1.29, 1.82) is 0 Å². The minimum atomic E-state index is 0. The molecule has 0 radical (unpaired) electrons. The molecule has 0 aliphatic carbocycles. The van der Waals surface area contributed by atoms with Crippen LogP contribution in [0, 0.1) is 5.92 Å². The van der Waals surface area contributed by atoms with Crippen molar-refractivity contribution in [1.82, 2.24) is 15.5 Å². The summed E-state index contributed by atoms with van der Waals surface area (Å²) < 4.78 is 17.0. The summed E-state index contributed by atoms with van der Waals surface area (Å²) in [7, 11) is 0. The van der Waals surface area contributed by atoms with Gasteiger partial charge in [0, 0.05) is 45.9 Å². The molecule has 1 aliphatic heterocycles. The number of benzene rings is 1. The number of nitrogens with zero attached hydrogens (tertiary/aromatic N) is 2. The summed E-state index contributed by atoms with van der Waals surface area (Å²) >= 11 is 0. The second kappa shape index (κ2) is 17.5. The summed E-state index contributed by atoms with van der Waals surface area (Å²) in [5.74, 6) is 2.31. The van der Waals surface area contributed by atoms with Crippen molar-refractivity contribution in [2.75, 3.05) is 65.8 Å². The van der Waals surface area contributed by atoms with Crippen LogP contribution in [-0.2, 0) is 16.0 Å². The van der Waals surface area contributed by atoms with Crippen LogP contribution in [0.2, 0.25) is 0 Å². The Bertz CT molecular complexity index is 610. The Balaban J connectivity index is 0.00000480. The third-order valence-electron chi connectivity index (χ3n) is 4.65. The highest BCUT2D eigenvalue weighted by molar-refractivity contribution is 14.0. The summed E-state index contributed by atoms with van der Waals surface area (Å²) in [6.07, 6.45) is 0.962. The molecule has 0 aromatic heterocycles. The molecule has 0 bridgehead atoms. The lowest BCUT2D eigenvalue weighted by molar-refractivity contribution is 0.0322. The van der Waals surface area contributed by atoms with E-state index < -0.39 is 0 Å². The topological polar surface area (TPSA) is 67.4 Å². The van der Waals surface area contributed by atoms with E-state index in [0.717, 1.165) is 82.8 Å². The molecule has 1 heterocycles. The average molecular weight is 549 g/mol. The zero-order chi connectivity index (χ0) is 21.4. The molecule has 2 N–H and O–H groups in total. The number of ether oxygens (including phenoxy) is 3. The van der Waals surface area contributed by atoms with Crippen LogP contribution in [-0.4, -0.2) is 76.6 Å². The van der Waals surface area contributed by atoms with Crippen molar-refractivity contribution in [3.8, 4) is 5.75 Å². The maximum atomic E-state index is 5.95. The second-order valence-electron chi connectivity index (χ2n) is 7.89. The normalized spacial score (nSPS) is 14.9. The number of halogens is 1. The Morgan fingerprint density at radius 3 is 2.74 bits per heavy atom. The smallest absolute Gasteiger partial charge is 0.191 e. The van der Waals surface area contributed by atoms with Crippen molar-refractivity contribution < 1.29 is 14.2 Å². The van der Waals surface area contributed by atoms with Gasteiger partial charge in [-0.3, -0.25) is 4.90 Å². The molecule has 0 spiro atoms. The zero-order valence-electron chi connectivity index (χ0n) is 19.4. The highest BCUT2D eigenvalue weighted by Gasteiger charge is 2.09. The molecule has 1 aliphatic rings. The molecule has 1 fully saturated rings. The van der Waals surface area contributed by atoms with Crippen molar-refractivity contribution >= 4 is 29.9 Å². The van der Waals surface area contributed by atoms with Crippen LogP contribution < -0.4 is 15.4 Å². The van der Waals surface area contributed by atoms with Gasteiger partial charge in [0.25, 0.3) is 0 Å². The van der Waals surface area contributed by atoms with Crippen LogP contribution in [0.1, 0.15) is 32.8 Å². The van der Waals surface area contributed by atoms with E-state index in [0.29, 0.717) is 19.1 Å². The lowest BCUT2D eigenvalue weighted by Crippen LogP contribution is -2.38. The van der Waals surface area contributed by atoms with Gasteiger partial charge in [0.1, 0.15) is 12.4 Å². The van der Waals surface area contributed by atoms with E-state index in [2.05, 4.69) is 48.4 Å². The molecule has 0 atom stereocenters. The van der Waals surface area contributed by atoms with Crippen molar-refractivity contribution in [3.05, 3.63) is 29.8 Å². The van der Waals surface area contributed by atoms with E-state index in [1.54, 1.807) is 0 Å². The summed E-state index contributed by atoms with van der Waals surface area (Å²) in [5.41, 5.74) is 1.14. The van der Waals surface area contributed by atoms with E-state index in [9.17, 15) is 0 Å². The summed E-state index contributed by atoms with van der Waals surface area (Å²) in [4.78, 5) is 7.08. The number of guanidine groups is 1. The number of morpholine rings is 1. The number of aliphatic imine (C=N–C) groups is 1. The van der Waals surface area contributed by atoms with Crippen molar-refractivity contribution in [2.45, 2.75) is 33.7 Å². The summed E-state index contributed by atoms with van der Waals surface area (Å²) in [6.45, 7) is 15.5. The Hall–Kier alpha value is -1.10. The molecular formula is C23H41IN4O3. The molecule has 1 saturated heterocycles. The van der Waals surface area contributed by atoms with Gasteiger partial charge in [-0.1, -0.05) is 26.0 Å². The zero-order valence-corrected chi connectivity index (χ0v) is 21.7. The van der Waals surface area contributed by atoms with Crippen LogP contribution in [0.4, 0.5) is 0 Å². The van der Waals surface area contributed by atoms with Gasteiger partial charge in [0.05, 0.1) is 19.8 Å². The van der Waals surface area contributed by atoms with Crippen molar-refractivity contribution in [2.24, 2.45) is 10.9 Å². The molecule has 1 aromatic carbocycles. The molecule has 0 saturated carbocycles. The third-order valence-corrected chi connectivity index (χ3v) is 4.65. The first-order chi connectivity index (χ1) is 14.7. The predicted molar refractivity (Wildman–Crippen MR) is 138 cm³/mol. The largest absolute Gasteiger partial charge is 0.492 e. The molecule has 2 rings (SSSR count). The highest BCUT2D eigenvalue weighted by Crippen LogP contribution is 2.14. The fourth-order valence-electron chi connectivity index (χ4n) is 3.06. The van der Waals surface area contributed by atoms with Gasteiger partial charge in [0.15, 0.2) is 5.96 Å². The Morgan fingerprint density at radius 1 is 1.19 bits per heavy atom. The van der Waals surface area contributed by atoms with Crippen LogP contribution in [0.3, 0.4) is 0 Å². The summed E-state index contributed by atoms with van der Waals surface area (Å²) in [5, 5.41) is 6.67. The van der Waals surface area contributed by atoms with E-state index in [4.69, 9.17) is 19.2 Å². The van der Waals surface area contributed by atoms with Gasteiger partial charge >= 0.3 is 0 Å². The molecule has 0 unspecified atom stereocenters. The van der Waals surface area contributed by atoms with Gasteiger partial charge in [-0.05, 0) is 37.0 Å². The molecular weight excluding hydrogens is 507 g/mol. The van der Waals surface area contributed by atoms with Gasteiger partial charge in [0.2, 0.25) is 0 Å². The van der Waals surface area contributed by atoms with E-state index in [1.807, 2.05) is 12.1 Å². The molecule has 31 heavy (non-hydrogen) atoms. The standard InChI is InChI=1S/C23H40N4O3.HI/c1-4-24-23(25-9-6-13-29-19-20(2)3)26-18-21-7-5-8-22(17-21)30-16-12-27-10-14-28-15-11-27;/h5,7-8,17,20H,4,6,9-16,18-19H2,1-3H3,(H2,24,25,26);1H. The van der Waals surface area contributed by atoms with Crippen LogP contribution in [0.5, 0.6) is 5.75 Å². The van der Waals surface area contributed by atoms with Gasteiger partial charge in [-0.2, -0.15) is 0 Å². The minimum absolute atomic E-state index is 0. The van der Waals surface area contributed by atoms with E-state index in [-0.39, 0.29) is 24.0 Å². The first kappa shape index (κ1) is 27.9. The highest BCUT2D eigenvalue weighted by atomic mass is 127. The van der Waals surface area contributed by atoms with Crippen LogP contribution in [0.15, 0.2) is 29.3 Å². The molecule has 8 heteroatoms. The van der Waals surface area contributed by atoms with Gasteiger partial charge < -0.3 is 24.8 Å². The average Bonchev–Trinajstić information content (AvgIpc) is 2.75. The third kappa shape index (κ3) is 13.1. The minimum Gasteiger partial charge on any atom is -0.492 e. The van der Waals surface area contributed by atoms with Gasteiger partial charge in [-0.15, -0.1) is 24.0 Å². The predicted octanol–water partition coefficient (Wildman–Crippen LogP) is 3.13. The number of hydrogen-bond donors (Lipinski definition) is 2. The van der Waals surface area contributed by atoms with E-state index in [1.165, 1.54) is 0 Å². The van der Waals surface area contributed by atoms with E-state index >= 15 is 0 Å². The Kier molecular flexibility index (Phi) is 15.7. The van der Waals surface area contributed by atoms with Gasteiger partial charge in [-0.25, -0.2) is 4.99 Å². The molecule has 1 aromatic rings. The van der Waals surface area contributed by atoms with Crippen molar-refractivity contribution in [3.63, 3.8) is 0 Å². The number of rotatable bonds is 13. The Labute approximate surface area is 205 Å². The number of hydrogen-bond acceptors (Lipinski definition) is 5. The lowest BCUT2D eigenvalue weighted by Gasteiger charge is -2.26. The maximum Gasteiger partial charge on any atom is 0.191 e. The second-order valence-corrected chi connectivity index (χ2v) is 7.89. The molecule has 178 valence electrons. The first-order valence-electron chi connectivity index (χ1n) is 11.3. The summed E-state index contributed by atoms with van der Waals surface area (Å²) in [6, 6.07) is 8.20. The van der Waals surface area contributed by atoms with Crippen LogP contribution >= 0.6 is 24.0 Å². The monoisotopic (exact) mass is 548 g/mol.